The van der Waals surface area contributed by atoms with E-state index in [0.29, 0.717) is 6.61 Å². The van der Waals surface area contributed by atoms with Gasteiger partial charge in [-0.05, 0) is 36.8 Å². The van der Waals surface area contributed by atoms with Gasteiger partial charge in [0.25, 0.3) is 0 Å². The van der Waals surface area contributed by atoms with Crippen molar-refractivity contribution in [2.24, 2.45) is 11.7 Å². The summed E-state index contributed by atoms with van der Waals surface area (Å²) in [5, 5.41) is 0. The number of ether oxygens (including phenoxy) is 1. The van der Waals surface area contributed by atoms with E-state index in [9.17, 15) is 0 Å². The third-order valence-corrected chi connectivity index (χ3v) is 3.71. The molecule has 0 spiro atoms. The van der Waals surface area contributed by atoms with Gasteiger partial charge in [-0.15, -0.1) is 0 Å². The molecule has 2 nitrogen and oxygen atoms in total. The Morgan fingerprint density at radius 1 is 1.29 bits per heavy atom. The molecule has 1 unspecified atom stereocenters. The molecule has 2 rings (SSSR count). The lowest BCUT2D eigenvalue weighted by molar-refractivity contribution is 0.0903. The van der Waals surface area contributed by atoms with Crippen molar-refractivity contribution in [2.45, 2.75) is 38.6 Å². The van der Waals surface area contributed by atoms with Crippen LogP contribution in [0.2, 0.25) is 0 Å². The number of aryl methyl sites for hydroxylation is 1. The molecule has 1 aliphatic rings. The monoisotopic (exact) mass is 233 g/mol. The van der Waals surface area contributed by atoms with Crippen LogP contribution < -0.4 is 5.73 Å². The third-order valence-electron chi connectivity index (χ3n) is 3.71. The molecule has 1 aromatic carbocycles. The Morgan fingerprint density at radius 3 is 2.71 bits per heavy atom. The van der Waals surface area contributed by atoms with E-state index in [4.69, 9.17) is 10.5 Å². The van der Waals surface area contributed by atoms with E-state index < -0.39 is 0 Å². The Morgan fingerprint density at radius 2 is 2.00 bits per heavy atom. The molecular weight excluding hydrogens is 210 g/mol. The van der Waals surface area contributed by atoms with Crippen molar-refractivity contribution in [3.05, 3.63) is 35.4 Å². The first-order valence-electron chi connectivity index (χ1n) is 6.66. The van der Waals surface area contributed by atoms with Crippen molar-refractivity contribution in [1.82, 2.24) is 0 Å². The highest BCUT2D eigenvalue weighted by Gasteiger charge is 2.16. The normalized spacial score (nSPS) is 18.5. The average Bonchev–Trinajstić information content (AvgIpc) is 2.82. The second-order valence-corrected chi connectivity index (χ2v) is 5.15. The fourth-order valence-electron chi connectivity index (χ4n) is 2.63. The molecule has 1 fully saturated rings. The van der Waals surface area contributed by atoms with E-state index in [2.05, 4.69) is 19.1 Å². The third kappa shape index (κ3) is 3.55. The molecule has 0 bridgehead atoms. The molecule has 0 saturated heterocycles. The molecule has 2 heteroatoms. The summed E-state index contributed by atoms with van der Waals surface area (Å²) in [6, 6.07) is 8.30. The first-order chi connectivity index (χ1) is 8.27. The molecule has 1 atom stereocenters. The van der Waals surface area contributed by atoms with Crippen LogP contribution in [0.4, 0.5) is 0 Å². The quantitative estimate of drug-likeness (QED) is 0.847. The van der Waals surface area contributed by atoms with Crippen LogP contribution in [-0.2, 0) is 4.74 Å². The van der Waals surface area contributed by atoms with Crippen LogP contribution in [0.1, 0.15) is 42.9 Å². The summed E-state index contributed by atoms with van der Waals surface area (Å²) in [6.45, 7) is 3.63. The standard InChI is InChI=1S/C15H23NO/c1-12-6-2-5-9-14(12)15(16)11-17-10-13-7-3-4-8-13/h2,5-6,9,13,15H,3-4,7-8,10-11,16H2,1H3. The molecule has 1 aromatic rings. The van der Waals surface area contributed by atoms with Gasteiger partial charge in [-0.25, -0.2) is 0 Å². The van der Waals surface area contributed by atoms with E-state index in [1.54, 1.807) is 0 Å². The van der Waals surface area contributed by atoms with Gasteiger partial charge < -0.3 is 10.5 Å². The zero-order valence-electron chi connectivity index (χ0n) is 10.7. The van der Waals surface area contributed by atoms with Gasteiger partial charge in [-0.1, -0.05) is 37.1 Å². The van der Waals surface area contributed by atoms with Crippen LogP contribution in [0.3, 0.4) is 0 Å². The summed E-state index contributed by atoms with van der Waals surface area (Å²) in [5.41, 5.74) is 8.62. The Labute approximate surface area is 104 Å². The lowest BCUT2D eigenvalue weighted by Crippen LogP contribution is -2.20. The van der Waals surface area contributed by atoms with Gasteiger partial charge in [0.1, 0.15) is 0 Å². The maximum absolute atomic E-state index is 6.16. The topological polar surface area (TPSA) is 35.2 Å². The Bertz CT molecular complexity index is 345. The van der Waals surface area contributed by atoms with E-state index in [-0.39, 0.29) is 6.04 Å². The minimum atomic E-state index is 0.0117. The number of hydrogen-bond acceptors (Lipinski definition) is 2. The largest absolute Gasteiger partial charge is 0.379 e. The molecule has 17 heavy (non-hydrogen) atoms. The highest BCUT2D eigenvalue weighted by atomic mass is 16.5. The fraction of sp³-hybridized carbons (Fsp3) is 0.600. The van der Waals surface area contributed by atoms with Crippen molar-refractivity contribution >= 4 is 0 Å². The van der Waals surface area contributed by atoms with E-state index >= 15 is 0 Å². The molecule has 0 radical (unpaired) electrons. The second-order valence-electron chi connectivity index (χ2n) is 5.15. The predicted molar refractivity (Wildman–Crippen MR) is 70.9 cm³/mol. The van der Waals surface area contributed by atoms with Crippen molar-refractivity contribution < 1.29 is 4.74 Å². The zero-order valence-corrected chi connectivity index (χ0v) is 10.7. The molecule has 1 aliphatic carbocycles. The predicted octanol–water partition coefficient (Wildman–Crippen LogP) is 3.20. The molecular formula is C15H23NO. The van der Waals surface area contributed by atoms with Crippen molar-refractivity contribution in [3.63, 3.8) is 0 Å². The fourth-order valence-corrected chi connectivity index (χ4v) is 2.63. The number of hydrogen-bond donors (Lipinski definition) is 1. The van der Waals surface area contributed by atoms with Crippen LogP contribution in [0.25, 0.3) is 0 Å². The van der Waals surface area contributed by atoms with Crippen LogP contribution in [0, 0.1) is 12.8 Å². The van der Waals surface area contributed by atoms with Crippen molar-refractivity contribution in [3.8, 4) is 0 Å². The summed E-state index contributed by atoms with van der Waals surface area (Å²) < 4.78 is 5.76. The van der Waals surface area contributed by atoms with Gasteiger partial charge in [-0.2, -0.15) is 0 Å². The first-order valence-corrected chi connectivity index (χ1v) is 6.66. The van der Waals surface area contributed by atoms with E-state index in [1.807, 2.05) is 12.1 Å². The van der Waals surface area contributed by atoms with Gasteiger partial charge in [0.05, 0.1) is 12.6 Å². The van der Waals surface area contributed by atoms with Gasteiger partial charge in [0.2, 0.25) is 0 Å². The molecule has 0 amide bonds. The molecule has 2 N–H and O–H groups in total. The maximum atomic E-state index is 6.16. The Balaban J connectivity index is 1.77. The second kappa shape index (κ2) is 6.18. The van der Waals surface area contributed by atoms with Crippen LogP contribution >= 0.6 is 0 Å². The zero-order chi connectivity index (χ0) is 12.1. The molecule has 0 aliphatic heterocycles. The van der Waals surface area contributed by atoms with E-state index in [1.165, 1.54) is 36.8 Å². The lowest BCUT2D eigenvalue weighted by atomic mass is 10.0. The van der Waals surface area contributed by atoms with Gasteiger partial charge in [-0.3, -0.25) is 0 Å². The summed E-state index contributed by atoms with van der Waals surface area (Å²) in [7, 11) is 0. The highest BCUT2D eigenvalue weighted by Crippen LogP contribution is 2.25. The highest BCUT2D eigenvalue weighted by molar-refractivity contribution is 5.28. The SMILES string of the molecule is Cc1ccccc1C(N)COCC1CCCC1. The molecule has 94 valence electrons. The maximum Gasteiger partial charge on any atom is 0.0659 e. The summed E-state index contributed by atoms with van der Waals surface area (Å²) >= 11 is 0. The van der Waals surface area contributed by atoms with E-state index in [0.717, 1.165) is 12.5 Å². The van der Waals surface area contributed by atoms with Gasteiger partial charge in [0, 0.05) is 6.61 Å². The van der Waals surface area contributed by atoms with Crippen LogP contribution in [-0.4, -0.2) is 13.2 Å². The number of rotatable bonds is 5. The Hall–Kier alpha value is -0.860. The van der Waals surface area contributed by atoms with Crippen LogP contribution in [0.5, 0.6) is 0 Å². The number of benzene rings is 1. The van der Waals surface area contributed by atoms with Crippen molar-refractivity contribution in [1.29, 1.82) is 0 Å². The lowest BCUT2D eigenvalue weighted by Gasteiger charge is -2.16. The summed E-state index contributed by atoms with van der Waals surface area (Å²) in [6.07, 6.45) is 5.41. The average molecular weight is 233 g/mol. The van der Waals surface area contributed by atoms with Gasteiger partial charge in [0.15, 0.2) is 0 Å². The summed E-state index contributed by atoms with van der Waals surface area (Å²) in [5.74, 6) is 0.777. The minimum Gasteiger partial charge on any atom is -0.379 e. The minimum absolute atomic E-state index is 0.0117. The molecule has 0 heterocycles. The van der Waals surface area contributed by atoms with Crippen LogP contribution in [0.15, 0.2) is 24.3 Å². The first kappa shape index (κ1) is 12.6. The van der Waals surface area contributed by atoms with Gasteiger partial charge >= 0.3 is 0 Å². The van der Waals surface area contributed by atoms with Crippen molar-refractivity contribution in [2.75, 3.05) is 13.2 Å². The molecule has 0 aromatic heterocycles. The smallest absolute Gasteiger partial charge is 0.0659 e. The molecule has 1 saturated carbocycles. The summed E-state index contributed by atoms with van der Waals surface area (Å²) in [4.78, 5) is 0. The Kier molecular flexibility index (Phi) is 4.57. The number of nitrogens with two attached hydrogens (primary N) is 1.